The molecule has 0 aliphatic carbocycles. The van der Waals surface area contributed by atoms with Crippen LogP contribution in [-0.4, -0.2) is 22.9 Å². The third kappa shape index (κ3) is 1.22. The second-order valence-electron chi connectivity index (χ2n) is 3.88. The molecule has 0 bridgehead atoms. The van der Waals surface area contributed by atoms with Crippen molar-refractivity contribution in [1.82, 2.24) is 9.78 Å². The zero-order valence-corrected chi connectivity index (χ0v) is 10.7. The summed E-state index contributed by atoms with van der Waals surface area (Å²) in [6.07, 6.45) is 0. The van der Waals surface area contributed by atoms with Crippen LogP contribution >= 0.6 is 15.9 Å². The van der Waals surface area contributed by atoms with Gasteiger partial charge in [-0.25, -0.2) is 9.18 Å². The fourth-order valence-corrected chi connectivity index (χ4v) is 2.39. The van der Waals surface area contributed by atoms with Gasteiger partial charge in [-0.1, -0.05) is 0 Å². The largest absolute Gasteiger partial charge is 0.327 e. The van der Waals surface area contributed by atoms with E-state index >= 15 is 0 Å². The first kappa shape index (κ1) is 10.5. The number of halogens is 2. The SMILES string of the molecule is CN1C(=O)Nc2c(F)c(Br)cc3c2c1nn3C. The number of rotatable bonds is 0. The Balaban J connectivity index is 2.51. The molecule has 0 saturated carbocycles. The molecule has 5 nitrogen and oxygen atoms in total. The van der Waals surface area contributed by atoms with Gasteiger partial charge >= 0.3 is 6.03 Å². The summed E-state index contributed by atoms with van der Waals surface area (Å²) in [5, 5.41) is 7.37. The maximum atomic E-state index is 13.9. The van der Waals surface area contributed by atoms with Crippen molar-refractivity contribution in [3.63, 3.8) is 0 Å². The number of nitrogens with one attached hydrogen (secondary N) is 1. The molecule has 2 heterocycles. The molecule has 0 saturated heterocycles. The molecular weight excluding hydrogens is 291 g/mol. The van der Waals surface area contributed by atoms with E-state index in [1.54, 1.807) is 24.8 Å². The number of hydrogen-bond donors (Lipinski definition) is 1. The predicted molar refractivity (Wildman–Crippen MR) is 65.8 cm³/mol. The minimum absolute atomic E-state index is 0.181. The Bertz CT molecular complexity index is 666. The van der Waals surface area contributed by atoms with E-state index in [-0.39, 0.29) is 5.69 Å². The van der Waals surface area contributed by atoms with E-state index in [1.807, 2.05) is 0 Å². The molecule has 1 aromatic heterocycles. The number of hydrogen-bond acceptors (Lipinski definition) is 2. The molecule has 1 aliphatic rings. The quantitative estimate of drug-likeness (QED) is 0.812. The van der Waals surface area contributed by atoms with Gasteiger partial charge in [-0.15, -0.1) is 0 Å². The Morgan fingerprint density at radius 1 is 1.47 bits per heavy atom. The first-order valence-corrected chi connectivity index (χ1v) is 5.69. The van der Waals surface area contributed by atoms with Gasteiger partial charge in [0.1, 0.15) is 0 Å². The first-order valence-electron chi connectivity index (χ1n) is 4.90. The van der Waals surface area contributed by atoms with Crippen LogP contribution in [0.5, 0.6) is 0 Å². The molecule has 2 amide bonds. The monoisotopic (exact) mass is 298 g/mol. The van der Waals surface area contributed by atoms with E-state index in [2.05, 4.69) is 26.3 Å². The highest BCUT2D eigenvalue weighted by Crippen LogP contribution is 2.40. The molecule has 0 radical (unpaired) electrons. The van der Waals surface area contributed by atoms with Crippen LogP contribution in [0.4, 0.5) is 20.7 Å². The lowest BCUT2D eigenvalue weighted by atomic mass is 10.1. The highest BCUT2D eigenvalue weighted by molar-refractivity contribution is 9.10. The Labute approximate surface area is 104 Å². The van der Waals surface area contributed by atoms with E-state index < -0.39 is 11.8 Å². The fourth-order valence-electron chi connectivity index (χ4n) is 1.98. The highest BCUT2D eigenvalue weighted by Gasteiger charge is 2.29. The van der Waals surface area contributed by atoms with Crippen LogP contribution in [0.3, 0.4) is 0 Å². The van der Waals surface area contributed by atoms with Crippen molar-refractivity contribution in [1.29, 1.82) is 0 Å². The number of carbonyl (C=O) groups excluding carboxylic acids is 1. The number of urea groups is 1. The lowest BCUT2D eigenvalue weighted by Crippen LogP contribution is -2.34. The molecule has 3 rings (SSSR count). The van der Waals surface area contributed by atoms with E-state index in [4.69, 9.17) is 0 Å². The summed E-state index contributed by atoms with van der Waals surface area (Å²) in [7, 11) is 3.35. The number of anilines is 2. The second kappa shape index (κ2) is 3.19. The van der Waals surface area contributed by atoms with Gasteiger partial charge in [0.05, 0.1) is 21.1 Å². The van der Waals surface area contributed by atoms with Crippen LogP contribution in [0.2, 0.25) is 0 Å². The summed E-state index contributed by atoms with van der Waals surface area (Å²) in [4.78, 5) is 13.0. The molecule has 0 fully saturated rings. The summed E-state index contributed by atoms with van der Waals surface area (Å²) in [5.41, 5.74) is 0.940. The fraction of sp³-hybridized carbons (Fsp3) is 0.200. The zero-order valence-electron chi connectivity index (χ0n) is 9.08. The van der Waals surface area contributed by atoms with Gasteiger partial charge in [-0.05, 0) is 22.0 Å². The standard InChI is InChI=1S/C10H8BrFN4O/c1-15-9-6-5(16(2)14-9)3-4(11)7(12)8(6)13-10(15)17/h3H,1-2H3,(H,13,17). The summed E-state index contributed by atoms with van der Waals surface area (Å²) in [6.45, 7) is 0. The topological polar surface area (TPSA) is 50.2 Å². The van der Waals surface area contributed by atoms with Gasteiger partial charge in [0, 0.05) is 14.1 Å². The van der Waals surface area contributed by atoms with Crippen LogP contribution in [0.25, 0.3) is 10.9 Å². The minimum atomic E-state index is -0.479. The van der Waals surface area contributed by atoms with Gasteiger partial charge in [-0.3, -0.25) is 9.58 Å². The van der Waals surface area contributed by atoms with E-state index in [0.717, 1.165) is 5.52 Å². The number of carbonyl (C=O) groups is 1. The number of nitrogens with zero attached hydrogens (tertiary/aromatic N) is 3. The molecule has 2 aromatic rings. The first-order chi connectivity index (χ1) is 8.00. The lowest BCUT2D eigenvalue weighted by molar-refractivity contribution is 0.257. The number of amides is 2. The van der Waals surface area contributed by atoms with E-state index in [0.29, 0.717) is 15.7 Å². The minimum Gasteiger partial charge on any atom is -0.304 e. The van der Waals surface area contributed by atoms with E-state index in [9.17, 15) is 9.18 Å². The number of benzene rings is 1. The molecule has 7 heteroatoms. The molecule has 1 aliphatic heterocycles. The summed E-state index contributed by atoms with van der Waals surface area (Å²) in [5.74, 6) is -0.0131. The maximum Gasteiger partial charge on any atom is 0.327 e. The van der Waals surface area contributed by atoms with Crippen LogP contribution in [0, 0.1) is 5.82 Å². The molecule has 88 valence electrons. The van der Waals surface area contributed by atoms with Gasteiger partial charge in [0.15, 0.2) is 11.6 Å². The Morgan fingerprint density at radius 2 is 2.18 bits per heavy atom. The van der Waals surface area contributed by atoms with Crippen molar-refractivity contribution >= 4 is 44.4 Å². The molecular formula is C10H8BrFN4O. The summed E-state index contributed by atoms with van der Waals surface area (Å²) < 4.78 is 15.9. The third-order valence-corrected chi connectivity index (χ3v) is 3.45. The predicted octanol–water partition coefficient (Wildman–Crippen LogP) is 2.46. The van der Waals surface area contributed by atoms with Crippen LogP contribution in [-0.2, 0) is 7.05 Å². The molecule has 17 heavy (non-hydrogen) atoms. The van der Waals surface area contributed by atoms with Gasteiger partial charge in [0.25, 0.3) is 0 Å². The molecule has 0 spiro atoms. The Kier molecular flexibility index (Phi) is 1.97. The molecule has 0 atom stereocenters. The molecule has 1 N–H and O–H groups in total. The number of aryl methyl sites for hydroxylation is 1. The average molecular weight is 299 g/mol. The van der Waals surface area contributed by atoms with Gasteiger partial charge in [0.2, 0.25) is 0 Å². The van der Waals surface area contributed by atoms with Crippen molar-refractivity contribution in [3.8, 4) is 0 Å². The maximum absolute atomic E-state index is 13.9. The molecule has 0 unspecified atom stereocenters. The Hall–Kier alpha value is -1.63. The summed E-state index contributed by atoms with van der Waals surface area (Å²) >= 11 is 3.13. The van der Waals surface area contributed by atoms with Gasteiger partial charge < -0.3 is 5.32 Å². The third-order valence-electron chi connectivity index (χ3n) is 2.87. The van der Waals surface area contributed by atoms with Crippen molar-refractivity contribution in [2.24, 2.45) is 7.05 Å². The highest BCUT2D eigenvalue weighted by atomic mass is 79.9. The van der Waals surface area contributed by atoms with Crippen molar-refractivity contribution in [3.05, 3.63) is 16.4 Å². The van der Waals surface area contributed by atoms with Crippen molar-refractivity contribution in [2.75, 3.05) is 17.3 Å². The van der Waals surface area contributed by atoms with Crippen molar-refractivity contribution < 1.29 is 9.18 Å². The molecule has 1 aromatic carbocycles. The van der Waals surface area contributed by atoms with Gasteiger partial charge in [-0.2, -0.15) is 5.10 Å². The van der Waals surface area contributed by atoms with Crippen LogP contribution < -0.4 is 10.2 Å². The van der Waals surface area contributed by atoms with Crippen LogP contribution in [0.15, 0.2) is 10.5 Å². The smallest absolute Gasteiger partial charge is 0.304 e. The lowest BCUT2D eigenvalue weighted by Gasteiger charge is -2.22. The van der Waals surface area contributed by atoms with Crippen LogP contribution in [0.1, 0.15) is 0 Å². The second-order valence-corrected chi connectivity index (χ2v) is 4.73. The average Bonchev–Trinajstić information content (AvgIpc) is 2.60. The zero-order chi connectivity index (χ0) is 12.3. The normalized spacial score (nSPS) is 14.4. The van der Waals surface area contributed by atoms with Crippen molar-refractivity contribution in [2.45, 2.75) is 0 Å². The summed E-state index contributed by atoms with van der Waals surface area (Å²) in [6, 6.07) is 1.25. The van der Waals surface area contributed by atoms with E-state index in [1.165, 1.54) is 4.90 Å². The Morgan fingerprint density at radius 3 is 2.88 bits per heavy atom. The number of aromatic nitrogens is 2.